The first-order valence-electron chi connectivity index (χ1n) is 3.40. The van der Waals surface area contributed by atoms with Crippen molar-refractivity contribution in [1.29, 1.82) is 0 Å². The average molecular weight is 206 g/mol. The Morgan fingerprint density at radius 2 is 0.750 bits per heavy atom. The van der Waals surface area contributed by atoms with Crippen LogP contribution in [0.1, 0.15) is 0 Å². The van der Waals surface area contributed by atoms with E-state index in [1.165, 1.54) is 10.8 Å². The summed E-state index contributed by atoms with van der Waals surface area (Å²) < 4.78 is 0. The van der Waals surface area contributed by atoms with Crippen LogP contribution >= 0.6 is 0 Å². The molecule has 2 aromatic rings. The first-order chi connectivity index (χ1) is 4.97. The summed E-state index contributed by atoms with van der Waals surface area (Å²) in [6.45, 7) is 0. The predicted molar refractivity (Wildman–Crippen MR) is 43.9 cm³/mol. The summed E-state index contributed by atoms with van der Waals surface area (Å²) in [5, 5.41) is 2.62. The molecule has 0 N–H and O–H groups in total. The molecule has 48 valence electrons. The van der Waals surface area contributed by atoms with Gasteiger partial charge in [-0.05, 0) is 10.8 Å². The molecular formula is C10H8K2+2. The van der Waals surface area contributed by atoms with E-state index in [4.69, 9.17) is 0 Å². The van der Waals surface area contributed by atoms with Crippen LogP contribution in [0.4, 0.5) is 0 Å². The molecule has 0 nitrogen and oxygen atoms in total. The van der Waals surface area contributed by atoms with Gasteiger partial charge in [-0.1, -0.05) is 48.5 Å². The molecule has 0 atom stereocenters. The fourth-order valence-corrected chi connectivity index (χ4v) is 1.13. The van der Waals surface area contributed by atoms with E-state index < -0.39 is 0 Å². The minimum absolute atomic E-state index is 0. The van der Waals surface area contributed by atoms with Crippen molar-refractivity contribution in [1.82, 2.24) is 0 Å². The van der Waals surface area contributed by atoms with E-state index in [2.05, 4.69) is 48.5 Å². The molecule has 2 rings (SSSR count). The summed E-state index contributed by atoms with van der Waals surface area (Å²) in [5.41, 5.74) is 0. The Morgan fingerprint density at radius 3 is 1.00 bits per heavy atom. The molecule has 0 fully saturated rings. The Labute approximate surface area is 158 Å². The number of benzene rings is 2. The fraction of sp³-hybridized carbons (Fsp3) is 0. The van der Waals surface area contributed by atoms with E-state index in [-0.39, 0.29) is 103 Å². The third kappa shape index (κ3) is 3.61. The van der Waals surface area contributed by atoms with Gasteiger partial charge in [-0.25, -0.2) is 0 Å². The molecule has 0 heterocycles. The summed E-state index contributed by atoms with van der Waals surface area (Å²) in [5.74, 6) is 0. The maximum Gasteiger partial charge on any atom is 1.00 e. The van der Waals surface area contributed by atoms with Crippen molar-refractivity contribution in [3.63, 3.8) is 0 Å². The van der Waals surface area contributed by atoms with Gasteiger partial charge in [-0.15, -0.1) is 0 Å². The molecule has 0 saturated heterocycles. The summed E-state index contributed by atoms with van der Waals surface area (Å²) in [6.07, 6.45) is 0. The van der Waals surface area contributed by atoms with Crippen LogP contribution in [0.2, 0.25) is 0 Å². The Hall–Kier alpha value is 1.97. The van der Waals surface area contributed by atoms with E-state index in [0.29, 0.717) is 0 Å². The standard InChI is InChI=1S/C10H8.2K/c1-2-6-10-8-4-3-7-9(10)5-1;;/h1-8H;;/q;2*+1. The van der Waals surface area contributed by atoms with Crippen molar-refractivity contribution in [3.8, 4) is 0 Å². The van der Waals surface area contributed by atoms with Gasteiger partial charge in [0.25, 0.3) is 0 Å². The van der Waals surface area contributed by atoms with Gasteiger partial charge in [0.05, 0.1) is 0 Å². The molecule has 0 amide bonds. The maximum absolute atomic E-state index is 2.12. The van der Waals surface area contributed by atoms with Crippen LogP contribution in [-0.4, -0.2) is 0 Å². The Balaban J connectivity index is 0.000000605. The normalized spacial score (nSPS) is 8.33. The van der Waals surface area contributed by atoms with Crippen molar-refractivity contribution in [2.75, 3.05) is 0 Å². The maximum atomic E-state index is 2.12. The molecule has 0 aromatic heterocycles. The fourth-order valence-electron chi connectivity index (χ4n) is 1.13. The van der Waals surface area contributed by atoms with Crippen LogP contribution in [0, 0.1) is 0 Å². The molecule has 0 radical (unpaired) electrons. The smallest absolute Gasteiger partial charge is 0.0616 e. The van der Waals surface area contributed by atoms with Gasteiger partial charge in [0, 0.05) is 0 Å². The van der Waals surface area contributed by atoms with Crippen LogP contribution in [0.25, 0.3) is 10.8 Å². The van der Waals surface area contributed by atoms with Crippen molar-refractivity contribution in [3.05, 3.63) is 48.5 Å². The molecule has 12 heavy (non-hydrogen) atoms. The molecule has 0 aliphatic heterocycles. The van der Waals surface area contributed by atoms with Gasteiger partial charge in [-0.3, -0.25) is 0 Å². The van der Waals surface area contributed by atoms with Crippen molar-refractivity contribution in [2.24, 2.45) is 0 Å². The van der Waals surface area contributed by atoms with Crippen molar-refractivity contribution in [2.45, 2.75) is 0 Å². The monoisotopic (exact) mass is 206 g/mol. The molecule has 0 aliphatic rings. The molecule has 0 aliphatic carbocycles. The molecule has 2 aromatic carbocycles. The average Bonchev–Trinajstić information content (AvgIpc) is 2.05. The van der Waals surface area contributed by atoms with Crippen molar-refractivity contribution < 1.29 is 103 Å². The molecule has 0 bridgehead atoms. The van der Waals surface area contributed by atoms with Gasteiger partial charge in [0.15, 0.2) is 0 Å². The quantitative estimate of drug-likeness (QED) is 0.400. The van der Waals surface area contributed by atoms with Gasteiger partial charge in [0.1, 0.15) is 0 Å². The van der Waals surface area contributed by atoms with Gasteiger partial charge in [0.2, 0.25) is 0 Å². The van der Waals surface area contributed by atoms with Crippen LogP contribution in [0.15, 0.2) is 48.5 Å². The van der Waals surface area contributed by atoms with E-state index in [0.717, 1.165) is 0 Å². The van der Waals surface area contributed by atoms with Crippen LogP contribution < -0.4 is 103 Å². The van der Waals surface area contributed by atoms with Crippen LogP contribution in [0.5, 0.6) is 0 Å². The van der Waals surface area contributed by atoms with Crippen molar-refractivity contribution >= 4 is 10.8 Å². The second kappa shape index (κ2) is 7.29. The molecule has 0 saturated carbocycles. The molecule has 2 heteroatoms. The predicted octanol–water partition coefficient (Wildman–Crippen LogP) is -3.15. The van der Waals surface area contributed by atoms with E-state index in [1.54, 1.807) is 0 Å². The number of rotatable bonds is 0. The van der Waals surface area contributed by atoms with Gasteiger partial charge < -0.3 is 0 Å². The Kier molecular flexibility index (Phi) is 8.49. The number of hydrogen-bond acceptors (Lipinski definition) is 0. The second-order valence-corrected chi connectivity index (χ2v) is 2.35. The number of hydrogen-bond donors (Lipinski definition) is 0. The minimum Gasteiger partial charge on any atom is -0.0616 e. The Bertz CT molecular complexity index is 279. The number of fused-ring (bicyclic) bond motifs is 1. The summed E-state index contributed by atoms with van der Waals surface area (Å²) in [6, 6.07) is 16.7. The van der Waals surface area contributed by atoms with E-state index >= 15 is 0 Å². The van der Waals surface area contributed by atoms with Gasteiger partial charge in [-0.2, -0.15) is 0 Å². The van der Waals surface area contributed by atoms with Crippen LogP contribution in [0.3, 0.4) is 0 Å². The largest absolute Gasteiger partial charge is 1.00 e. The molecule has 0 unspecified atom stereocenters. The first kappa shape index (κ1) is 14.0. The summed E-state index contributed by atoms with van der Waals surface area (Å²) in [4.78, 5) is 0. The Morgan fingerprint density at radius 1 is 0.500 bits per heavy atom. The molecular weight excluding hydrogens is 198 g/mol. The summed E-state index contributed by atoms with van der Waals surface area (Å²) in [7, 11) is 0. The SMILES string of the molecule is [K+].[K+].c1ccc2ccccc2c1. The first-order valence-corrected chi connectivity index (χ1v) is 3.40. The zero-order valence-electron chi connectivity index (χ0n) is 7.62. The third-order valence-electron chi connectivity index (χ3n) is 1.66. The zero-order chi connectivity index (χ0) is 6.81. The molecule has 0 spiro atoms. The third-order valence-corrected chi connectivity index (χ3v) is 1.66. The van der Waals surface area contributed by atoms with Gasteiger partial charge >= 0.3 is 103 Å². The van der Waals surface area contributed by atoms with Crippen LogP contribution in [-0.2, 0) is 0 Å². The topological polar surface area (TPSA) is 0 Å². The summed E-state index contributed by atoms with van der Waals surface area (Å²) >= 11 is 0. The minimum atomic E-state index is 0. The van der Waals surface area contributed by atoms with E-state index in [9.17, 15) is 0 Å². The van der Waals surface area contributed by atoms with E-state index in [1.807, 2.05) is 0 Å². The zero-order valence-corrected chi connectivity index (χ0v) is 13.9. The second-order valence-electron chi connectivity index (χ2n) is 2.35.